The summed E-state index contributed by atoms with van der Waals surface area (Å²) in [7, 11) is 0. The van der Waals surface area contributed by atoms with Gasteiger partial charge in [0.15, 0.2) is 0 Å². The molecule has 6 nitrogen and oxygen atoms in total. The fourth-order valence-electron chi connectivity index (χ4n) is 11.2. The second-order valence-electron chi connectivity index (χ2n) is 17.1. The summed E-state index contributed by atoms with van der Waals surface area (Å²) in [6.07, 6.45) is 15.4. The molecule has 0 aromatic rings. The maximum Gasteiger partial charge on any atom is 0.410 e. The second kappa shape index (κ2) is 10.8. The van der Waals surface area contributed by atoms with Crippen molar-refractivity contribution in [2.75, 3.05) is 26.2 Å². The van der Waals surface area contributed by atoms with Crippen LogP contribution in [0, 0.1) is 45.8 Å². The molecule has 42 heavy (non-hydrogen) atoms. The summed E-state index contributed by atoms with van der Waals surface area (Å²) in [5, 5.41) is 10.3. The number of nitrogens with zero attached hydrogens (tertiary/aromatic N) is 2. The Morgan fingerprint density at radius 3 is 2.45 bits per heavy atom. The van der Waals surface area contributed by atoms with Gasteiger partial charge >= 0.3 is 6.09 Å². The zero-order valence-corrected chi connectivity index (χ0v) is 27.4. The first-order valence-corrected chi connectivity index (χ1v) is 17.4. The number of allylic oxidation sites excluding steroid dienone is 1. The van der Waals surface area contributed by atoms with Crippen LogP contribution in [-0.4, -0.2) is 64.8 Å². The number of aliphatic hydroxyl groups excluding tert-OH is 1. The molecule has 0 bridgehead atoms. The Morgan fingerprint density at radius 1 is 1.00 bits per heavy atom. The molecule has 236 valence electrons. The predicted molar refractivity (Wildman–Crippen MR) is 166 cm³/mol. The number of hydrogen-bond donors (Lipinski definition) is 1. The SMILES string of the molecule is C[C@H](CCC(=O)N1CCC2(CCN(C(=O)OC(C)(C)C)C2)C1)[C@H]1CC[C@H]2[C@@H]3CC=C4C[C@@H](O)CC[C@]4(C)[C@H]3CC[C@]12C. The van der Waals surface area contributed by atoms with Crippen LogP contribution in [0.3, 0.4) is 0 Å². The molecule has 1 spiro atoms. The molecule has 2 heterocycles. The van der Waals surface area contributed by atoms with Gasteiger partial charge in [-0.15, -0.1) is 0 Å². The molecule has 6 rings (SSSR count). The molecule has 5 fully saturated rings. The molecular formula is C36H58N2O4. The van der Waals surface area contributed by atoms with E-state index in [2.05, 4.69) is 31.7 Å². The first-order valence-electron chi connectivity index (χ1n) is 17.4. The van der Waals surface area contributed by atoms with E-state index >= 15 is 0 Å². The van der Waals surface area contributed by atoms with Crippen LogP contribution in [0.5, 0.6) is 0 Å². The van der Waals surface area contributed by atoms with Crippen LogP contribution >= 0.6 is 0 Å². The quantitative estimate of drug-likeness (QED) is 0.356. The van der Waals surface area contributed by atoms with Crippen LogP contribution in [0.1, 0.15) is 119 Å². The molecule has 2 amide bonds. The number of amides is 2. The zero-order chi connectivity index (χ0) is 30.1. The van der Waals surface area contributed by atoms with Gasteiger partial charge in [0.1, 0.15) is 5.60 Å². The van der Waals surface area contributed by atoms with Crippen LogP contribution in [0.25, 0.3) is 0 Å². The summed E-state index contributed by atoms with van der Waals surface area (Å²) in [4.78, 5) is 30.0. The minimum absolute atomic E-state index is 0.0460. The number of fused-ring (bicyclic) bond motifs is 5. The maximum atomic E-state index is 13.4. The van der Waals surface area contributed by atoms with Gasteiger partial charge in [-0.1, -0.05) is 32.4 Å². The smallest absolute Gasteiger partial charge is 0.410 e. The van der Waals surface area contributed by atoms with Crippen molar-refractivity contribution in [3.05, 3.63) is 11.6 Å². The number of hydrogen-bond acceptors (Lipinski definition) is 4. The van der Waals surface area contributed by atoms with E-state index in [1.165, 1.54) is 32.1 Å². The number of rotatable bonds is 4. The normalized spacial score (nSPS) is 42.2. The fourth-order valence-corrected chi connectivity index (χ4v) is 11.2. The first-order chi connectivity index (χ1) is 19.7. The third-order valence-corrected chi connectivity index (χ3v) is 13.5. The van der Waals surface area contributed by atoms with Gasteiger partial charge in [-0.3, -0.25) is 4.79 Å². The lowest BCUT2D eigenvalue weighted by atomic mass is 9.47. The number of carbonyl (C=O) groups is 2. The topological polar surface area (TPSA) is 70.1 Å². The highest BCUT2D eigenvalue weighted by atomic mass is 16.6. The standard InChI is InChI=1S/C36H58N2O4/c1-24(7-12-31(40)37-19-17-36(22-37)18-20-38(23-36)32(41)42-33(2,3)4)28-10-11-29-27-9-8-25-21-26(39)13-15-34(25,5)30(27)14-16-35(28,29)6/h8,24,26-30,39H,7,9-23H2,1-6H3/t24-,26+,27+,28-,29+,30+,34+,35-,36?/m1/s1. The molecule has 0 radical (unpaired) electrons. The van der Waals surface area contributed by atoms with Gasteiger partial charge in [0.05, 0.1) is 6.10 Å². The summed E-state index contributed by atoms with van der Waals surface area (Å²) >= 11 is 0. The number of carbonyl (C=O) groups excluding carboxylic acids is 2. The molecular weight excluding hydrogens is 524 g/mol. The highest BCUT2D eigenvalue weighted by molar-refractivity contribution is 5.76. The van der Waals surface area contributed by atoms with Gasteiger partial charge in [-0.05, 0) is 132 Å². The van der Waals surface area contributed by atoms with E-state index in [9.17, 15) is 14.7 Å². The molecule has 0 aromatic heterocycles. The third kappa shape index (κ3) is 5.34. The average Bonchev–Trinajstić information content (AvgIpc) is 3.63. The molecule has 9 atom stereocenters. The first kappa shape index (κ1) is 30.5. The second-order valence-corrected chi connectivity index (χ2v) is 17.1. The third-order valence-electron chi connectivity index (χ3n) is 13.5. The Hall–Kier alpha value is -1.56. The van der Waals surface area contributed by atoms with Crippen molar-refractivity contribution >= 4 is 12.0 Å². The Morgan fingerprint density at radius 2 is 1.71 bits per heavy atom. The summed E-state index contributed by atoms with van der Waals surface area (Å²) in [5.74, 6) is 3.97. The highest BCUT2D eigenvalue weighted by Gasteiger charge is 2.59. The van der Waals surface area contributed by atoms with Gasteiger partial charge in [-0.25, -0.2) is 4.79 Å². The van der Waals surface area contributed by atoms with E-state index in [-0.39, 0.29) is 17.6 Å². The molecule has 1 unspecified atom stereocenters. The molecule has 2 saturated heterocycles. The summed E-state index contributed by atoms with van der Waals surface area (Å²) in [6, 6.07) is 0. The number of ether oxygens (including phenoxy) is 1. The van der Waals surface area contributed by atoms with Crippen LogP contribution < -0.4 is 0 Å². The minimum Gasteiger partial charge on any atom is -0.444 e. The molecule has 6 heteroatoms. The largest absolute Gasteiger partial charge is 0.444 e. The van der Waals surface area contributed by atoms with Crippen LogP contribution in [0.4, 0.5) is 4.79 Å². The fraction of sp³-hybridized carbons (Fsp3) is 0.889. The van der Waals surface area contributed by atoms with Gasteiger partial charge in [-0.2, -0.15) is 0 Å². The van der Waals surface area contributed by atoms with Crippen molar-refractivity contribution < 1.29 is 19.4 Å². The van der Waals surface area contributed by atoms with Crippen molar-refractivity contribution in [2.45, 2.75) is 130 Å². The van der Waals surface area contributed by atoms with Crippen LogP contribution in [-0.2, 0) is 9.53 Å². The number of aliphatic hydroxyl groups is 1. The van der Waals surface area contributed by atoms with Gasteiger partial charge in [0, 0.05) is 38.0 Å². The summed E-state index contributed by atoms with van der Waals surface area (Å²) in [6.45, 7) is 16.4. The monoisotopic (exact) mass is 582 g/mol. The van der Waals surface area contributed by atoms with Crippen molar-refractivity contribution in [1.82, 2.24) is 9.80 Å². The lowest BCUT2D eigenvalue weighted by Crippen LogP contribution is -2.50. The van der Waals surface area contributed by atoms with Crippen molar-refractivity contribution in [1.29, 1.82) is 0 Å². The van der Waals surface area contributed by atoms with E-state index < -0.39 is 5.60 Å². The van der Waals surface area contributed by atoms with Gasteiger partial charge in [0.2, 0.25) is 5.91 Å². The highest BCUT2D eigenvalue weighted by Crippen LogP contribution is 2.67. The van der Waals surface area contributed by atoms with E-state index in [1.807, 2.05) is 25.7 Å². The summed E-state index contributed by atoms with van der Waals surface area (Å²) in [5.41, 5.74) is 1.82. The molecule has 2 aliphatic heterocycles. The van der Waals surface area contributed by atoms with Gasteiger partial charge < -0.3 is 19.6 Å². The zero-order valence-electron chi connectivity index (χ0n) is 27.4. The lowest BCUT2D eigenvalue weighted by molar-refractivity contribution is -0.131. The van der Waals surface area contributed by atoms with Crippen LogP contribution in [0.2, 0.25) is 0 Å². The Labute approximate surface area is 255 Å². The molecule has 6 aliphatic rings. The Bertz CT molecular complexity index is 1100. The number of likely N-dealkylation sites (tertiary alicyclic amines) is 2. The molecule has 4 aliphatic carbocycles. The van der Waals surface area contributed by atoms with Crippen LogP contribution in [0.15, 0.2) is 11.6 Å². The van der Waals surface area contributed by atoms with E-state index in [1.54, 1.807) is 5.57 Å². The maximum absolute atomic E-state index is 13.4. The van der Waals surface area contributed by atoms with E-state index in [0.29, 0.717) is 41.5 Å². The Balaban J connectivity index is 1.02. The van der Waals surface area contributed by atoms with Crippen molar-refractivity contribution in [3.8, 4) is 0 Å². The Kier molecular flexibility index (Phi) is 7.84. The molecule has 0 aromatic carbocycles. The van der Waals surface area contributed by atoms with E-state index in [0.717, 1.165) is 75.9 Å². The molecule has 3 saturated carbocycles. The van der Waals surface area contributed by atoms with E-state index in [4.69, 9.17) is 4.74 Å². The van der Waals surface area contributed by atoms with Crippen molar-refractivity contribution in [2.24, 2.45) is 45.8 Å². The van der Waals surface area contributed by atoms with Gasteiger partial charge in [0.25, 0.3) is 0 Å². The molecule has 1 N–H and O–H groups in total. The average molecular weight is 583 g/mol. The summed E-state index contributed by atoms with van der Waals surface area (Å²) < 4.78 is 5.61. The van der Waals surface area contributed by atoms with Crippen molar-refractivity contribution in [3.63, 3.8) is 0 Å². The minimum atomic E-state index is -0.480. The predicted octanol–water partition coefficient (Wildman–Crippen LogP) is 7.20. The lowest BCUT2D eigenvalue weighted by Gasteiger charge is -2.58.